The molecule has 0 amide bonds. The molecule has 1 heterocycles. The maximum Gasteiger partial charge on any atom is 0.129 e. The minimum atomic E-state index is -0.549. The van der Waals surface area contributed by atoms with Crippen molar-refractivity contribution >= 4 is 0 Å². The third-order valence-electron chi connectivity index (χ3n) is 3.08. The normalized spacial score (nSPS) is 16.9. The van der Waals surface area contributed by atoms with Gasteiger partial charge in [-0.25, -0.2) is 8.78 Å². The first-order valence-corrected chi connectivity index (χ1v) is 5.92. The second kappa shape index (κ2) is 5.93. The summed E-state index contributed by atoms with van der Waals surface area (Å²) in [6.45, 7) is 0.675. The van der Waals surface area contributed by atoms with Crippen LogP contribution in [-0.2, 0) is 11.2 Å². The van der Waals surface area contributed by atoms with E-state index < -0.39 is 11.6 Å². The molecule has 0 spiro atoms. The Morgan fingerprint density at radius 1 is 1.33 bits per heavy atom. The summed E-state index contributed by atoms with van der Waals surface area (Å²) in [5.41, 5.74) is 3.58. The molecule has 0 saturated heterocycles. The Morgan fingerprint density at radius 3 is 2.61 bits per heavy atom. The molecule has 1 unspecified atom stereocenters. The molecule has 0 aromatic heterocycles. The third-order valence-corrected chi connectivity index (χ3v) is 3.08. The van der Waals surface area contributed by atoms with Gasteiger partial charge < -0.3 is 4.74 Å². The summed E-state index contributed by atoms with van der Waals surface area (Å²) in [6.07, 6.45) is 3.52. The number of halogens is 2. The van der Waals surface area contributed by atoms with E-state index in [0.29, 0.717) is 6.61 Å². The van der Waals surface area contributed by atoms with E-state index >= 15 is 0 Å². The summed E-state index contributed by atoms with van der Waals surface area (Å²) < 4.78 is 32.3. The van der Waals surface area contributed by atoms with Gasteiger partial charge >= 0.3 is 0 Å². The number of hydrazine groups is 1. The van der Waals surface area contributed by atoms with Gasteiger partial charge in [-0.3, -0.25) is 11.3 Å². The predicted octanol–water partition coefficient (Wildman–Crippen LogP) is 2.03. The molecule has 0 bridgehead atoms. The molecule has 0 radical (unpaired) electrons. The van der Waals surface area contributed by atoms with Gasteiger partial charge in [0.1, 0.15) is 11.6 Å². The van der Waals surface area contributed by atoms with Crippen LogP contribution >= 0.6 is 0 Å². The molecule has 0 fully saturated rings. The standard InChI is InChI=1S/C13H16F2N2O/c14-11-4-1-5-12(15)10(11)7-13(17-16)9-3-2-6-18-8-9/h1,4-5,8,13,17H,2-3,6-7,16H2. The average molecular weight is 254 g/mol. The summed E-state index contributed by atoms with van der Waals surface area (Å²) in [6, 6.07) is 3.54. The highest BCUT2D eigenvalue weighted by Gasteiger charge is 2.20. The Labute approximate surface area is 105 Å². The van der Waals surface area contributed by atoms with Crippen LogP contribution in [0.3, 0.4) is 0 Å². The zero-order valence-corrected chi connectivity index (χ0v) is 9.96. The van der Waals surface area contributed by atoms with Gasteiger partial charge in [-0.2, -0.15) is 0 Å². The molecule has 1 aliphatic rings. The fourth-order valence-electron chi connectivity index (χ4n) is 2.07. The SMILES string of the molecule is NNC(Cc1c(F)cccc1F)C1=COCCC1. The topological polar surface area (TPSA) is 47.3 Å². The molecule has 1 atom stereocenters. The van der Waals surface area contributed by atoms with Crippen molar-refractivity contribution in [1.82, 2.24) is 5.43 Å². The van der Waals surface area contributed by atoms with E-state index in [1.807, 2.05) is 0 Å². The smallest absolute Gasteiger partial charge is 0.129 e. The van der Waals surface area contributed by atoms with E-state index in [2.05, 4.69) is 5.43 Å². The van der Waals surface area contributed by atoms with Gasteiger partial charge in [0.2, 0.25) is 0 Å². The number of hydrogen-bond donors (Lipinski definition) is 2. The Morgan fingerprint density at radius 2 is 2.06 bits per heavy atom. The Kier molecular flexibility index (Phi) is 4.28. The van der Waals surface area contributed by atoms with E-state index in [9.17, 15) is 8.78 Å². The maximum atomic E-state index is 13.6. The van der Waals surface area contributed by atoms with E-state index in [1.54, 1.807) is 6.26 Å². The van der Waals surface area contributed by atoms with Gasteiger partial charge in [0.15, 0.2) is 0 Å². The third kappa shape index (κ3) is 2.86. The highest BCUT2D eigenvalue weighted by atomic mass is 19.1. The molecule has 1 aliphatic heterocycles. The zero-order valence-electron chi connectivity index (χ0n) is 9.96. The van der Waals surface area contributed by atoms with Gasteiger partial charge in [-0.05, 0) is 37.0 Å². The molecular weight excluding hydrogens is 238 g/mol. The maximum absolute atomic E-state index is 13.6. The van der Waals surface area contributed by atoms with Crippen LogP contribution < -0.4 is 11.3 Å². The first-order valence-electron chi connectivity index (χ1n) is 5.92. The summed E-state index contributed by atoms with van der Waals surface area (Å²) in [4.78, 5) is 0. The van der Waals surface area contributed by atoms with E-state index in [1.165, 1.54) is 18.2 Å². The molecular formula is C13H16F2N2O. The quantitative estimate of drug-likeness (QED) is 0.638. The molecule has 2 rings (SSSR count). The van der Waals surface area contributed by atoms with Crippen molar-refractivity contribution in [3.8, 4) is 0 Å². The van der Waals surface area contributed by atoms with Crippen LogP contribution in [0.25, 0.3) is 0 Å². The largest absolute Gasteiger partial charge is 0.501 e. The van der Waals surface area contributed by atoms with Crippen LogP contribution in [0.4, 0.5) is 8.78 Å². The average Bonchev–Trinajstić information content (AvgIpc) is 2.40. The van der Waals surface area contributed by atoms with Crippen LogP contribution in [0.5, 0.6) is 0 Å². The Balaban J connectivity index is 2.17. The number of benzene rings is 1. The van der Waals surface area contributed by atoms with Crippen LogP contribution in [0.2, 0.25) is 0 Å². The van der Waals surface area contributed by atoms with Crippen molar-refractivity contribution in [2.75, 3.05) is 6.61 Å². The number of ether oxygens (including phenoxy) is 1. The van der Waals surface area contributed by atoms with Crippen LogP contribution in [0.15, 0.2) is 30.0 Å². The van der Waals surface area contributed by atoms with Gasteiger partial charge in [0.05, 0.1) is 12.9 Å². The van der Waals surface area contributed by atoms with Gasteiger partial charge in [-0.15, -0.1) is 0 Å². The highest BCUT2D eigenvalue weighted by Crippen LogP contribution is 2.21. The molecule has 3 N–H and O–H groups in total. The molecule has 0 saturated carbocycles. The summed E-state index contributed by atoms with van der Waals surface area (Å²) in [5, 5.41) is 0. The first-order chi connectivity index (χ1) is 8.72. The van der Waals surface area contributed by atoms with Gasteiger partial charge in [0, 0.05) is 11.6 Å². The fraction of sp³-hybridized carbons (Fsp3) is 0.385. The van der Waals surface area contributed by atoms with E-state index in [0.717, 1.165) is 18.4 Å². The Hall–Kier alpha value is -1.46. The molecule has 18 heavy (non-hydrogen) atoms. The van der Waals surface area contributed by atoms with Crippen molar-refractivity contribution in [3.63, 3.8) is 0 Å². The van der Waals surface area contributed by atoms with E-state index in [4.69, 9.17) is 10.6 Å². The number of nitrogens with two attached hydrogens (primary N) is 1. The van der Waals surface area contributed by atoms with Crippen LogP contribution in [-0.4, -0.2) is 12.6 Å². The number of hydrogen-bond acceptors (Lipinski definition) is 3. The molecule has 3 nitrogen and oxygen atoms in total. The highest BCUT2D eigenvalue weighted by molar-refractivity contribution is 5.24. The second-order valence-corrected chi connectivity index (χ2v) is 4.29. The lowest BCUT2D eigenvalue weighted by molar-refractivity contribution is 0.219. The van der Waals surface area contributed by atoms with Gasteiger partial charge in [-0.1, -0.05) is 6.07 Å². The molecule has 98 valence electrons. The van der Waals surface area contributed by atoms with Crippen molar-refractivity contribution in [3.05, 3.63) is 47.2 Å². The summed E-state index contributed by atoms with van der Waals surface area (Å²) >= 11 is 0. The van der Waals surface area contributed by atoms with Gasteiger partial charge in [0.25, 0.3) is 0 Å². The zero-order chi connectivity index (χ0) is 13.0. The first kappa shape index (κ1) is 13.0. The van der Waals surface area contributed by atoms with Crippen molar-refractivity contribution in [2.45, 2.75) is 25.3 Å². The second-order valence-electron chi connectivity index (χ2n) is 4.29. The summed E-state index contributed by atoms with van der Waals surface area (Å²) in [5.74, 6) is 4.36. The van der Waals surface area contributed by atoms with Crippen molar-refractivity contribution < 1.29 is 13.5 Å². The monoisotopic (exact) mass is 254 g/mol. The van der Waals surface area contributed by atoms with Crippen LogP contribution in [0.1, 0.15) is 18.4 Å². The minimum Gasteiger partial charge on any atom is -0.501 e. The predicted molar refractivity (Wildman–Crippen MR) is 64.4 cm³/mol. The summed E-state index contributed by atoms with van der Waals surface area (Å²) in [7, 11) is 0. The van der Waals surface area contributed by atoms with Crippen molar-refractivity contribution in [2.24, 2.45) is 5.84 Å². The van der Waals surface area contributed by atoms with E-state index in [-0.39, 0.29) is 18.0 Å². The molecule has 1 aromatic rings. The lowest BCUT2D eigenvalue weighted by Gasteiger charge is -2.23. The molecule has 0 aliphatic carbocycles. The van der Waals surface area contributed by atoms with Crippen LogP contribution in [0, 0.1) is 11.6 Å². The number of nitrogens with one attached hydrogen (secondary N) is 1. The fourth-order valence-corrected chi connectivity index (χ4v) is 2.07. The minimum absolute atomic E-state index is 0.0481. The number of rotatable bonds is 4. The Bertz CT molecular complexity index is 428. The molecule has 1 aromatic carbocycles. The van der Waals surface area contributed by atoms with Crippen molar-refractivity contribution in [1.29, 1.82) is 0 Å². The molecule has 5 heteroatoms. The lowest BCUT2D eigenvalue weighted by Crippen LogP contribution is -2.39. The lowest BCUT2D eigenvalue weighted by atomic mass is 9.95.